The average molecular weight is 1340 g/mol. The van der Waals surface area contributed by atoms with E-state index in [0.29, 0.717) is 0 Å². The van der Waals surface area contributed by atoms with Crippen molar-refractivity contribution >= 4 is 95.5 Å². The molecule has 0 N–H and O–H groups in total. The molecular formula is C56H74O37. The highest BCUT2D eigenvalue weighted by Crippen LogP contribution is 2.38. The number of esters is 16. The highest BCUT2D eigenvalue weighted by molar-refractivity contribution is 5.79. The van der Waals surface area contributed by atoms with Gasteiger partial charge < -0.3 is 99.5 Å². The lowest BCUT2D eigenvalue weighted by Crippen LogP contribution is -2.67. The smallest absolute Gasteiger partial charge is 0.339 e. The van der Waals surface area contributed by atoms with Crippen molar-refractivity contribution in [2.75, 3.05) is 13.2 Å². The van der Waals surface area contributed by atoms with E-state index in [0.717, 1.165) is 83.1 Å². The Kier molecular flexibility index (Phi) is 28.3. The maximum Gasteiger partial charge on any atom is 0.339 e. The molecule has 0 unspecified atom stereocenters. The third-order valence-corrected chi connectivity index (χ3v) is 12.7. The Labute approximate surface area is 529 Å². The summed E-state index contributed by atoms with van der Waals surface area (Å²) in [6, 6.07) is 0. The van der Waals surface area contributed by atoms with Crippen LogP contribution in [0.2, 0.25) is 0 Å². The Balaban J connectivity index is 1.94. The van der Waals surface area contributed by atoms with E-state index in [2.05, 4.69) is 0 Å². The van der Waals surface area contributed by atoms with E-state index in [9.17, 15) is 76.7 Å². The van der Waals surface area contributed by atoms with Gasteiger partial charge in [0, 0.05) is 83.1 Å². The third kappa shape index (κ3) is 22.3. The molecule has 0 saturated carbocycles. The van der Waals surface area contributed by atoms with Crippen LogP contribution in [0.3, 0.4) is 0 Å². The van der Waals surface area contributed by atoms with Crippen LogP contribution in [0.25, 0.3) is 0 Å². The van der Waals surface area contributed by atoms with Gasteiger partial charge in [-0.2, -0.15) is 0 Å². The van der Waals surface area contributed by atoms with Gasteiger partial charge in [0.25, 0.3) is 0 Å². The van der Waals surface area contributed by atoms with Crippen molar-refractivity contribution in [3.05, 3.63) is 0 Å². The highest BCUT2D eigenvalue weighted by Gasteiger charge is 2.61. The quantitative estimate of drug-likeness (QED) is 0.0789. The van der Waals surface area contributed by atoms with Crippen LogP contribution in [0.15, 0.2) is 0 Å². The average Bonchev–Trinajstić information content (AvgIpc) is 0.791. The minimum atomic E-state index is -2.36. The van der Waals surface area contributed by atoms with Crippen molar-refractivity contribution in [1.82, 2.24) is 0 Å². The zero-order valence-corrected chi connectivity index (χ0v) is 53.2. The lowest BCUT2D eigenvalue weighted by molar-refractivity contribution is -0.378. The molecule has 0 bridgehead atoms. The van der Waals surface area contributed by atoms with Crippen LogP contribution in [0.5, 0.6) is 0 Å². The van der Waals surface area contributed by atoms with E-state index in [-0.39, 0.29) is 0 Å². The van der Waals surface area contributed by atoms with Gasteiger partial charge >= 0.3 is 95.5 Å². The minimum absolute atomic E-state index is 0.849. The van der Waals surface area contributed by atoms with Gasteiger partial charge in [-0.15, -0.1) is 0 Å². The summed E-state index contributed by atoms with van der Waals surface area (Å²) >= 11 is 0. The first-order chi connectivity index (χ1) is 43.3. The molecule has 37 heteroatoms. The summed E-state index contributed by atoms with van der Waals surface area (Å²) in [5.41, 5.74) is 0. The Morgan fingerprint density at radius 2 is 0.473 bits per heavy atom. The SMILES string of the molecule is CC(=O)O[C@@H]1O[C@H](C(=O)OC[C@H]2O[C@H](O[C@H]3O[C@H](COC(=O)[C@H]4O[C@@H](OC(C)=O)[C@H](OC(C)=O)[C@@H](OC(C)=O)[C@@H]4OC(C)=O)[C@@H](OC(=O)C(C)C)[C@H](OC(C)=O)[C@H]3OC(C)=O)[C@H](OC(C)=O)[C@@H](OC(C)=O)[C@@H]2OC(=O)C(C)C)[C@@H](OC(C)=O)[C@H](OC(C)=O)[C@H]1OC(C)=O. The van der Waals surface area contributed by atoms with Gasteiger partial charge in [-0.1, -0.05) is 27.7 Å². The van der Waals surface area contributed by atoms with Crippen molar-refractivity contribution in [2.45, 2.75) is 234 Å². The first-order valence-electron chi connectivity index (χ1n) is 28.4. The topological polar surface area (TPSA) is 467 Å². The summed E-state index contributed by atoms with van der Waals surface area (Å²) in [6.07, 6.45) is -42.1. The van der Waals surface area contributed by atoms with Crippen LogP contribution in [0, 0.1) is 11.8 Å². The predicted octanol–water partition coefficient (Wildman–Crippen LogP) is -1.43. The first-order valence-corrected chi connectivity index (χ1v) is 28.4. The monoisotopic (exact) mass is 1340 g/mol. The van der Waals surface area contributed by atoms with Crippen LogP contribution in [-0.2, 0) is 176 Å². The van der Waals surface area contributed by atoms with E-state index in [4.69, 9.17) is 99.5 Å². The van der Waals surface area contributed by atoms with Gasteiger partial charge in [-0.05, 0) is 0 Å². The Bertz CT molecular complexity index is 2620. The molecule has 520 valence electrons. The van der Waals surface area contributed by atoms with Gasteiger partial charge in [0.05, 0.1) is 11.8 Å². The van der Waals surface area contributed by atoms with Crippen LogP contribution in [-0.4, -0.2) is 232 Å². The van der Waals surface area contributed by atoms with Crippen molar-refractivity contribution in [3.8, 4) is 0 Å². The maximum absolute atomic E-state index is 14.5. The molecule has 0 aromatic heterocycles. The van der Waals surface area contributed by atoms with Gasteiger partial charge in [-0.3, -0.25) is 67.1 Å². The second-order valence-electron chi connectivity index (χ2n) is 21.4. The van der Waals surface area contributed by atoms with Crippen molar-refractivity contribution in [3.63, 3.8) is 0 Å². The normalized spacial score (nSPS) is 30.6. The van der Waals surface area contributed by atoms with Gasteiger partial charge in [0.15, 0.2) is 73.2 Å². The summed E-state index contributed by atoms with van der Waals surface area (Å²) < 4.78 is 118. The van der Waals surface area contributed by atoms with Crippen LogP contribution in [0.4, 0.5) is 0 Å². The summed E-state index contributed by atoms with van der Waals surface area (Å²) in [4.78, 5) is 208. The van der Waals surface area contributed by atoms with Gasteiger partial charge in [0.1, 0.15) is 25.4 Å². The minimum Gasteiger partial charge on any atom is -0.461 e. The standard InChI is InChI=1S/C56H74O37/c1-19(2)49(69)89-35-33(17-73-51(71)43-39(77-23(7)59)41(79-25(9)61)47(83-29(13)65)53(91-43)85-31(15)67)87-55(45(81-27(11)63)37(35)75-21(5)57)93-56-46(82-28(12)64)38(76-22(6)58)36(90-50(70)20(3)4)34(88-56)18-74-52(72)44-40(78-24(8)60)42(80-26(10)62)48(84-30(14)66)54(92-44)86-32(16)68/h19-20,33-48,53-56H,17-18H2,1-16H3/t33-,34-,35-,36-,37+,38+,39+,40+,41+,42+,43+,44+,45-,46-,47-,48-,53-,54-,55-,56-/m1/s1. The molecule has 4 aliphatic rings. The van der Waals surface area contributed by atoms with E-state index < -0.39 is 243 Å². The second kappa shape index (κ2) is 34.3. The molecule has 4 heterocycles. The lowest BCUT2D eigenvalue weighted by Gasteiger charge is -2.48. The van der Waals surface area contributed by atoms with Crippen LogP contribution < -0.4 is 0 Å². The zero-order valence-electron chi connectivity index (χ0n) is 53.2. The molecule has 20 atom stereocenters. The first kappa shape index (κ1) is 76.8. The maximum atomic E-state index is 14.5. The number of hydrogen-bond donors (Lipinski definition) is 0. The van der Waals surface area contributed by atoms with Crippen molar-refractivity contribution < 1.29 is 176 Å². The summed E-state index contributed by atoms with van der Waals surface area (Å²) in [6.45, 7) is 13.5. The molecule has 0 amide bonds. The fraction of sp³-hybridized carbons (Fsp3) is 0.714. The molecule has 4 aliphatic heterocycles. The number of carbonyl (C=O) groups excluding carboxylic acids is 16. The third-order valence-electron chi connectivity index (χ3n) is 12.7. The molecule has 37 nitrogen and oxygen atoms in total. The number of rotatable bonds is 24. The Morgan fingerprint density at radius 3 is 0.710 bits per heavy atom. The molecule has 93 heavy (non-hydrogen) atoms. The molecule has 0 radical (unpaired) electrons. The largest absolute Gasteiger partial charge is 0.461 e. The second-order valence-corrected chi connectivity index (χ2v) is 21.4. The van der Waals surface area contributed by atoms with E-state index in [1.165, 1.54) is 27.7 Å². The number of carbonyl (C=O) groups is 16. The number of hydrogen-bond acceptors (Lipinski definition) is 37. The molecule has 0 aromatic rings. The summed E-state index contributed by atoms with van der Waals surface area (Å²) in [7, 11) is 0. The van der Waals surface area contributed by atoms with Crippen molar-refractivity contribution in [2.24, 2.45) is 11.8 Å². The summed E-state index contributed by atoms with van der Waals surface area (Å²) in [5.74, 6) is -20.9. The van der Waals surface area contributed by atoms with Gasteiger partial charge in [0.2, 0.25) is 37.4 Å². The Morgan fingerprint density at radius 1 is 0.258 bits per heavy atom. The van der Waals surface area contributed by atoms with E-state index in [1.54, 1.807) is 0 Å². The fourth-order valence-electron chi connectivity index (χ4n) is 9.42. The molecule has 0 aliphatic carbocycles. The molecule has 4 fully saturated rings. The molecule has 4 rings (SSSR count). The summed E-state index contributed by atoms with van der Waals surface area (Å²) in [5, 5.41) is 0. The Hall–Kier alpha value is -8.68. The molecule has 0 spiro atoms. The van der Waals surface area contributed by atoms with E-state index >= 15 is 0 Å². The predicted molar refractivity (Wildman–Crippen MR) is 286 cm³/mol. The van der Waals surface area contributed by atoms with Crippen molar-refractivity contribution in [1.29, 1.82) is 0 Å². The van der Waals surface area contributed by atoms with Crippen LogP contribution >= 0.6 is 0 Å². The van der Waals surface area contributed by atoms with Gasteiger partial charge in [-0.25, -0.2) is 9.59 Å². The number of ether oxygens (including phenoxy) is 21. The van der Waals surface area contributed by atoms with E-state index in [1.807, 2.05) is 0 Å². The zero-order chi connectivity index (χ0) is 70.2. The highest BCUT2D eigenvalue weighted by atomic mass is 16.8. The molecular weight excluding hydrogens is 1260 g/mol. The lowest BCUT2D eigenvalue weighted by atomic mass is 9.96. The molecule has 4 saturated heterocycles. The fourth-order valence-corrected chi connectivity index (χ4v) is 9.42. The van der Waals surface area contributed by atoms with Crippen LogP contribution in [0.1, 0.15) is 111 Å². The molecule has 0 aromatic carbocycles.